The van der Waals surface area contributed by atoms with Gasteiger partial charge in [0.15, 0.2) is 17.3 Å². The number of carbonyl (C=O) groups is 1. The lowest BCUT2D eigenvalue weighted by Gasteiger charge is -2.15. The molecule has 0 amide bonds. The molecule has 0 N–H and O–H groups in total. The maximum absolute atomic E-state index is 12.5. The predicted molar refractivity (Wildman–Crippen MR) is 84.7 cm³/mol. The third-order valence-corrected chi connectivity index (χ3v) is 4.54. The van der Waals surface area contributed by atoms with Crippen molar-refractivity contribution < 1.29 is 14.3 Å². The second-order valence-corrected chi connectivity index (χ2v) is 6.08. The van der Waals surface area contributed by atoms with E-state index in [0.29, 0.717) is 34.4 Å². The molecule has 2 rings (SSSR count). The van der Waals surface area contributed by atoms with Crippen LogP contribution in [0.2, 0.25) is 5.02 Å². The largest absolute Gasteiger partial charge is 0.493 e. The lowest BCUT2D eigenvalue weighted by Crippen LogP contribution is -2.09. The summed E-state index contributed by atoms with van der Waals surface area (Å²) in [7, 11) is 3.12. The Balaban J connectivity index is 2.14. The topological polar surface area (TPSA) is 35.5 Å². The SMILES string of the molecule is COc1cc(Cl)c(C(=O)CC2CCCCCC2)cc1OC. The molecule has 1 aromatic rings. The van der Waals surface area contributed by atoms with E-state index < -0.39 is 0 Å². The molecule has 0 bridgehead atoms. The van der Waals surface area contributed by atoms with Gasteiger partial charge in [-0.25, -0.2) is 0 Å². The molecule has 3 nitrogen and oxygen atoms in total. The number of hydrogen-bond donors (Lipinski definition) is 0. The van der Waals surface area contributed by atoms with Gasteiger partial charge in [-0.05, 0) is 12.0 Å². The van der Waals surface area contributed by atoms with E-state index in [4.69, 9.17) is 21.1 Å². The van der Waals surface area contributed by atoms with Crippen molar-refractivity contribution in [3.8, 4) is 11.5 Å². The van der Waals surface area contributed by atoms with Crippen molar-refractivity contribution in [2.75, 3.05) is 14.2 Å². The monoisotopic (exact) mass is 310 g/mol. The Kier molecular flexibility index (Phi) is 5.92. The summed E-state index contributed by atoms with van der Waals surface area (Å²) in [4.78, 5) is 12.5. The third kappa shape index (κ3) is 4.13. The first-order valence-corrected chi connectivity index (χ1v) is 7.98. The summed E-state index contributed by atoms with van der Waals surface area (Å²) in [6, 6.07) is 3.35. The van der Waals surface area contributed by atoms with Crippen molar-refractivity contribution in [2.24, 2.45) is 5.92 Å². The zero-order valence-corrected chi connectivity index (χ0v) is 13.5. The molecule has 1 saturated carbocycles. The molecule has 0 atom stereocenters. The highest BCUT2D eigenvalue weighted by atomic mass is 35.5. The van der Waals surface area contributed by atoms with Gasteiger partial charge in [-0.2, -0.15) is 0 Å². The van der Waals surface area contributed by atoms with Crippen molar-refractivity contribution in [1.82, 2.24) is 0 Å². The number of rotatable bonds is 5. The molecule has 1 aliphatic rings. The number of halogens is 1. The van der Waals surface area contributed by atoms with Crippen molar-refractivity contribution in [3.05, 3.63) is 22.7 Å². The molecular formula is C17H23ClO3. The van der Waals surface area contributed by atoms with E-state index in [1.807, 2.05) is 0 Å². The summed E-state index contributed by atoms with van der Waals surface area (Å²) in [5.74, 6) is 1.69. The summed E-state index contributed by atoms with van der Waals surface area (Å²) in [6.07, 6.45) is 7.93. The van der Waals surface area contributed by atoms with Gasteiger partial charge in [-0.1, -0.05) is 50.1 Å². The Labute approximate surface area is 131 Å². The fourth-order valence-electron chi connectivity index (χ4n) is 3.01. The van der Waals surface area contributed by atoms with Crippen LogP contribution in [0.3, 0.4) is 0 Å². The van der Waals surface area contributed by atoms with E-state index in [-0.39, 0.29) is 5.78 Å². The van der Waals surface area contributed by atoms with E-state index >= 15 is 0 Å². The molecule has 0 unspecified atom stereocenters. The number of hydrogen-bond acceptors (Lipinski definition) is 3. The van der Waals surface area contributed by atoms with Gasteiger partial charge < -0.3 is 9.47 Å². The van der Waals surface area contributed by atoms with Crippen LogP contribution in [0, 0.1) is 5.92 Å². The van der Waals surface area contributed by atoms with Crippen LogP contribution in [0.25, 0.3) is 0 Å². The second-order valence-electron chi connectivity index (χ2n) is 5.67. The fourth-order valence-corrected chi connectivity index (χ4v) is 3.27. The van der Waals surface area contributed by atoms with Crippen molar-refractivity contribution >= 4 is 17.4 Å². The predicted octanol–water partition coefficient (Wildman–Crippen LogP) is 4.90. The van der Waals surface area contributed by atoms with Crippen molar-refractivity contribution in [3.63, 3.8) is 0 Å². The summed E-state index contributed by atoms with van der Waals surface area (Å²) < 4.78 is 10.5. The van der Waals surface area contributed by atoms with Crippen LogP contribution in [0.5, 0.6) is 11.5 Å². The smallest absolute Gasteiger partial charge is 0.164 e. The van der Waals surface area contributed by atoms with Crippen molar-refractivity contribution in [2.45, 2.75) is 44.9 Å². The minimum Gasteiger partial charge on any atom is -0.493 e. The Bertz CT molecular complexity index is 491. The van der Waals surface area contributed by atoms with Crippen LogP contribution in [0.15, 0.2) is 12.1 Å². The van der Waals surface area contributed by atoms with Gasteiger partial charge in [0.2, 0.25) is 0 Å². The van der Waals surface area contributed by atoms with Crippen molar-refractivity contribution in [1.29, 1.82) is 0 Å². The standard InChI is InChI=1S/C17H23ClO3/c1-20-16-10-13(14(18)11-17(16)21-2)15(19)9-12-7-5-3-4-6-8-12/h10-12H,3-9H2,1-2H3. The molecule has 116 valence electrons. The van der Waals surface area contributed by atoms with Crippen LogP contribution in [-0.2, 0) is 0 Å². The van der Waals surface area contributed by atoms with Gasteiger partial charge in [0, 0.05) is 18.1 Å². The highest BCUT2D eigenvalue weighted by Crippen LogP contribution is 2.35. The van der Waals surface area contributed by atoms with E-state index in [1.54, 1.807) is 26.4 Å². The molecule has 0 radical (unpaired) electrons. The normalized spacial score (nSPS) is 16.3. The molecule has 0 heterocycles. The van der Waals surface area contributed by atoms with E-state index in [9.17, 15) is 4.79 Å². The molecule has 0 aliphatic heterocycles. The number of ether oxygens (including phenoxy) is 2. The van der Waals surface area contributed by atoms with Crippen LogP contribution >= 0.6 is 11.6 Å². The number of benzene rings is 1. The first-order valence-electron chi connectivity index (χ1n) is 7.60. The maximum Gasteiger partial charge on any atom is 0.164 e. The van der Waals surface area contributed by atoms with Crippen LogP contribution < -0.4 is 9.47 Å². The maximum atomic E-state index is 12.5. The van der Waals surface area contributed by atoms with Crippen LogP contribution in [0.1, 0.15) is 55.3 Å². The summed E-state index contributed by atoms with van der Waals surface area (Å²) in [5, 5.41) is 0.436. The molecule has 1 fully saturated rings. The number of methoxy groups -OCH3 is 2. The van der Waals surface area contributed by atoms with E-state index in [0.717, 1.165) is 12.8 Å². The van der Waals surface area contributed by atoms with Gasteiger partial charge in [-0.15, -0.1) is 0 Å². The lowest BCUT2D eigenvalue weighted by molar-refractivity contribution is 0.0956. The fraction of sp³-hybridized carbons (Fsp3) is 0.588. The quantitative estimate of drug-likeness (QED) is 0.573. The molecule has 0 aromatic heterocycles. The number of Topliss-reactive ketones (excluding diaryl/α,β-unsaturated/α-hetero) is 1. The van der Waals surface area contributed by atoms with Gasteiger partial charge in [0.05, 0.1) is 19.2 Å². The zero-order chi connectivity index (χ0) is 15.2. The number of ketones is 1. The lowest BCUT2D eigenvalue weighted by atomic mass is 9.92. The minimum absolute atomic E-state index is 0.104. The van der Waals surface area contributed by atoms with Crippen LogP contribution in [-0.4, -0.2) is 20.0 Å². The summed E-state index contributed by atoms with van der Waals surface area (Å²) >= 11 is 6.23. The van der Waals surface area contributed by atoms with Gasteiger partial charge in [0.1, 0.15) is 0 Å². The molecular weight excluding hydrogens is 288 g/mol. The van der Waals surface area contributed by atoms with E-state index in [2.05, 4.69) is 0 Å². The Morgan fingerprint density at radius 2 is 1.67 bits per heavy atom. The molecule has 21 heavy (non-hydrogen) atoms. The Hall–Kier alpha value is -1.22. The molecule has 1 aromatic carbocycles. The minimum atomic E-state index is 0.104. The molecule has 0 saturated heterocycles. The Morgan fingerprint density at radius 3 is 2.24 bits per heavy atom. The highest BCUT2D eigenvalue weighted by Gasteiger charge is 2.20. The third-order valence-electron chi connectivity index (χ3n) is 4.22. The molecule has 0 spiro atoms. The highest BCUT2D eigenvalue weighted by molar-refractivity contribution is 6.34. The first-order chi connectivity index (χ1) is 10.2. The summed E-state index contributed by atoms with van der Waals surface area (Å²) in [6.45, 7) is 0. The van der Waals surface area contributed by atoms with Gasteiger partial charge in [0.25, 0.3) is 0 Å². The Morgan fingerprint density at radius 1 is 1.10 bits per heavy atom. The molecule has 4 heteroatoms. The first kappa shape index (κ1) is 16.2. The van der Waals surface area contributed by atoms with Gasteiger partial charge >= 0.3 is 0 Å². The van der Waals surface area contributed by atoms with Gasteiger partial charge in [-0.3, -0.25) is 4.79 Å². The zero-order valence-electron chi connectivity index (χ0n) is 12.8. The number of carbonyl (C=O) groups excluding carboxylic acids is 1. The molecule has 1 aliphatic carbocycles. The van der Waals surface area contributed by atoms with Crippen LogP contribution in [0.4, 0.5) is 0 Å². The summed E-state index contributed by atoms with van der Waals surface area (Å²) in [5.41, 5.74) is 0.540. The second kappa shape index (κ2) is 7.69. The average Bonchev–Trinajstić information content (AvgIpc) is 2.75. The average molecular weight is 311 g/mol. The van der Waals surface area contributed by atoms with E-state index in [1.165, 1.54) is 25.7 Å².